The van der Waals surface area contributed by atoms with Gasteiger partial charge in [-0.1, -0.05) is 41.5 Å². The van der Waals surface area contributed by atoms with Crippen molar-refractivity contribution in [2.45, 2.75) is 102 Å². The summed E-state index contributed by atoms with van der Waals surface area (Å²) in [5, 5.41) is 6.62. The maximum absolute atomic E-state index is 11.4. The quantitative estimate of drug-likeness (QED) is 0.112. The van der Waals surface area contributed by atoms with Gasteiger partial charge in [0.1, 0.15) is 60.3 Å². The molecule has 10 atom stereocenters. The normalized spacial score (nSPS) is 30.0. The molecule has 0 radical (unpaired) electrons. The lowest BCUT2D eigenvalue weighted by atomic mass is 9.91. The van der Waals surface area contributed by atoms with Crippen LogP contribution in [0.25, 0.3) is 0 Å². The molecule has 2 heterocycles. The van der Waals surface area contributed by atoms with Gasteiger partial charge in [0.2, 0.25) is 0 Å². The molecule has 2 fully saturated rings. The van der Waals surface area contributed by atoms with Crippen molar-refractivity contribution in [1.82, 2.24) is 0 Å². The van der Waals surface area contributed by atoms with E-state index in [2.05, 4.69) is 15.9 Å². The Labute approximate surface area is 290 Å². The van der Waals surface area contributed by atoms with Gasteiger partial charge in [-0.2, -0.15) is 0 Å². The Morgan fingerprint density at radius 2 is 1.00 bits per heavy atom. The zero-order valence-electron chi connectivity index (χ0n) is 26.7. The smallest absolute Gasteiger partial charge is 0.303 e. The molecule has 16 nitrogen and oxygen atoms in total. The average Bonchev–Trinajstić information content (AvgIpc) is 2.89. The van der Waals surface area contributed by atoms with Crippen molar-refractivity contribution in [2.75, 3.05) is 13.2 Å². The standard InChI is InChI=1S/C14H22N2O7S.C13H19BrO7.BrH/c1-6-11(21-8(3)18)10(5-20-7(2)17)23-13(24-14(15)16)12(6)22-9(4)19;1-6-11(19-8(3)16)10(5-18-7(2)15)21-13(14)12(6)20-9(4)17;/h6,10-13H,5H2,1-4H3,(H3,15,16);6,10-13H,5H2,1-4H3;1H. The first-order valence-electron chi connectivity index (χ1n) is 13.7. The van der Waals surface area contributed by atoms with Crippen LogP contribution >= 0.6 is 44.7 Å². The van der Waals surface area contributed by atoms with Crippen LogP contribution < -0.4 is 5.73 Å². The molecule has 2 aliphatic heterocycles. The fraction of sp³-hybridized carbons (Fsp3) is 0.741. The fourth-order valence-electron chi connectivity index (χ4n) is 4.53. The third kappa shape index (κ3) is 15.0. The molecule has 46 heavy (non-hydrogen) atoms. The predicted octanol–water partition coefficient (Wildman–Crippen LogP) is 2.15. The molecule has 0 aromatic heterocycles. The Morgan fingerprint density at radius 3 is 1.37 bits per heavy atom. The Kier molecular flexibility index (Phi) is 19.6. The molecule has 0 aromatic rings. The predicted molar refractivity (Wildman–Crippen MR) is 170 cm³/mol. The lowest BCUT2D eigenvalue weighted by Gasteiger charge is -2.43. The third-order valence-electron chi connectivity index (χ3n) is 6.30. The molecule has 2 saturated heterocycles. The molecule has 264 valence electrons. The summed E-state index contributed by atoms with van der Waals surface area (Å²) in [6, 6.07) is 0. The van der Waals surface area contributed by atoms with Crippen LogP contribution in [0.15, 0.2) is 0 Å². The van der Waals surface area contributed by atoms with E-state index < -0.39 is 88.8 Å². The first-order chi connectivity index (χ1) is 20.8. The van der Waals surface area contributed by atoms with Gasteiger partial charge < -0.3 is 43.6 Å². The highest BCUT2D eigenvalue weighted by Gasteiger charge is 2.49. The van der Waals surface area contributed by atoms with Gasteiger partial charge >= 0.3 is 35.8 Å². The van der Waals surface area contributed by atoms with E-state index >= 15 is 0 Å². The van der Waals surface area contributed by atoms with Gasteiger partial charge in [-0.3, -0.25) is 34.2 Å². The highest BCUT2D eigenvalue weighted by molar-refractivity contribution is 9.09. The summed E-state index contributed by atoms with van der Waals surface area (Å²) in [4.78, 5) is 67.1. The number of hydrogen-bond donors (Lipinski definition) is 2. The van der Waals surface area contributed by atoms with Crippen molar-refractivity contribution in [2.24, 2.45) is 17.6 Å². The number of alkyl halides is 1. The van der Waals surface area contributed by atoms with Crippen LogP contribution in [0.2, 0.25) is 0 Å². The van der Waals surface area contributed by atoms with Gasteiger partial charge in [0, 0.05) is 53.4 Å². The second-order valence-electron chi connectivity index (χ2n) is 10.2. The summed E-state index contributed by atoms with van der Waals surface area (Å²) in [7, 11) is 0. The number of halogens is 2. The van der Waals surface area contributed by atoms with E-state index in [0.29, 0.717) is 0 Å². The summed E-state index contributed by atoms with van der Waals surface area (Å²) < 4.78 is 42.2. The number of amidine groups is 1. The summed E-state index contributed by atoms with van der Waals surface area (Å²) in [6.07, 6.45) is -4.26. The molecule has 2 rings (SSSR count). The largest absolute Gasteiger partial charge is 0.463 e. The van der Waals surface area contributed by atoms with Crippen LogP contribution in [-0.4, -0.2) is 101 Å². The van der Waals surface area contributed by atoms with Gasteiger partial charge in [-0.05, 0) is 0 Å². The molecular weight excluding hydrogens is 768 g/mol. The van der Waals surface area contributed by atoms with E-state index in [-0.39, 0.29) is 41.3 Å². The first-order valence-corrected chi connectivity index (χ1v) is 15.5. The van der Waals surface area contributed by atoms with E-state index in [0.717, 1.165) is 11.8 Å². The van der Waals surface area contributed by atoms with Crippen molar-refractivity contribution in [3.8, 4) is 0 Å². The van der Waals surface area contributed by atoms with Crippen molar-refractivity contribution in [3.05, 3.63) is 0 Å². The lowest BCUT2D eigenvalue weighted by Crippen LogP contribution is -2.56. The average molecular weight is 811 g/mol. The van der Waals surface area contributed by atoms with E-state index in [1.165, 1.54) is 41.5 Å². The topological polar surface area (TPSA) is 226 Å². The van der Waals surface area contributed by atoms with Gasteiger partial charge in [0.25, 0.3) is 0 Å². The monoisotopic (exact) mass is 808 g/mol. The Balaban J connectivity index is 0.000000869. The summed E-state index contributed by atoms with van der Waals surface area (Å²) >= 11 is 4.15. The lowest BCUT2D eigenvalue weighted by molar-refractivity contribution is -0.212. The molecule has 0 spiro atoms. The maximum Gasteiger partial charge on any atom is 0.303 e. The molecule has 0 bridgehead atoms. The van der Waals surface area contributed by atoms with E-state index in [1.54, 1.807) is 13.8 Å². The minimum Gasteiger partial charge on any atom is -0.463 e. The number of rotatable bonds is 9. The number of hydrogen-bond acceptors (Lipinski definition) is 16. The van der Waals surface area contributed by atoms with Gasteiger partial charge in [-0.15, -0.1) is 17.0 Å². The molecule has 0 aliphatic carbocycles. The van der Waals surface area contributed by atoms with E-state index in [4.69, 9.17) is 49.0 Å². The zero-order chi connectivity index (χ0) is 34.6. The molecule has 0 aromatic carbocycles. The maximum atomic E-state index is 11.4. The second kappa shape index (κ2) is 20.7. The number of esters is 6. The van der Waals surface area contributed by atoms with Gasteiger partial charge in [0.05, 0.1) is 0 Å². The van der Waals surface area contributed by atoms with E-state index in [1.807, 2.05) is 0 Å². The number of carbonyl (C=O) groups excluding carboxylic acids is 6. The van der Waals surface area contributed by atoms with Crippen LogP contribution in [0.3, 0.4) is 0 Å². The van der Waals surface area contributed by atoms with Crippen molar-refractivity contribution in [1.29, 1.82) is 5.41 Å². The number of carbonyl (C=O) groups is 6. The van der Waals surface area contributed by atoms with Crippen LogP contribution in [0.4, 0.5) is 0 Å². The highest BCUT2D eigenvalue weighted by atomic mass is 79.9. The number of thioether (sulfide) groups is 1. The zero-order valence-corrected chi connectivity index (χ0v) is 30.8. The molecule has 19 heteroatoms. The number of nitrogens with one attached hydrogen (secondary N) is 1. The SMILES string of the molecule is Br.CC(=O)OCC1OC(Br)C(OC(C)=O)C(C)C1OC(C)=O.CC(=O)OCC1OC(SC(=N)N)C(OC(C)=O)C(C)C1OC(C)=O. The van der Waals surface area contributed by atoms with Gasteiger partial charge in [0.15, 0.2) is 5.17 Å². The molecule has 2 aliphatic rings. The van der Waals surface area contributed by atoms with Crippen molar-refractivity contribution in [3.63, 3.8) is 0 Å². The Hall–Kier alpha value is -2.48. The van der Waals surface area contributed by atoms with Crippen molar-refractivity contribution >= 4 is 85.7 Å². The van der Waals surface area contributed by atoms with Crippen LogP contribution in [0.1, 0.15) is 55.4 Å². The van der Waals surface area contributed by atoms with E-state index in [9.17, 15) is 28.8 Å². The summed E-state index contributed by atoms with van der Waals surface area (Å²) in [6.45, 7) is 10.9. The Bertz CT molecular complexity index is 1090. The third-order valence-corrected chi connectivity index (χ3v) is 7.90. The summed E-state index contributed by atoms with van der Waals surface area (Å²) in [5.41, 5.74) is 4.62. The van der Waals surface area contributed by atoms with Crippen molar-refractivity contribution < 1.29 is 66.7 Å². The minimum atomic E-state index is -0.784. The second-order valence-corrected chi connectivity index (χ2v) is 12.2. The fourth-order valence-corrected chi connectivity index (χ4v) is 6.28. The highest BCUT2D eigenvalue weighted by Crippen LogP contribution is 2.36. The van der Waals surface area contributed by atoms with Gasteiger partial charge in [-0.25, -0.2) is 0 Å². The molecular formula is C27H42Br2N2O14S. The Morgan fingerprint density at radius 1 is 0.652 bits per heavy atom. The van der Waals surface area contributed by atoms with Crippen LogP contribution in [-0.2, 0) is 66.7 Å². The number of ether oxygens (including phenoxy) is 8. The molecule has 10 unspecified atom stereocenters. The van der Waals surface area contributed by atoms with Crippen LogP contribution in [0, 0.1) is 17.2 Å². The molecule has 0 saturated carbocycles. The molecule has 3 N–H and O–H groups in total. The minimum absolute atomic E-state index is 0. The molecule has 0 amide bonds. The van der Waals surface area contributed by atoms with Crippen LogP contribution in [0.5, 0.6) is 0 Å². The number of nitrogens with two attached hydrogens (primary N) is 1. The summed E-state index contributed by atoms with van der Waals surface area (Å²) in [5.74, 6) is -3.77. The first kappa shape index (κ1) is 43.5.